The lowest BCUT2D eigenvalue weighted by atomic mass is 10.1. The van der Waals surface area contributed by atoms with Gasteiger partial charge < -0.3 is 15.0 Å². The summed E-state index contributed by atoms with van der Waals surface area (Å²) in [5, 5.41) is 5.00. The lowest BCUT2D eigenvalue weighted by Crippen LogP contribution is -2.50. The van der Waals surface area contributed by atoms with Gasteiger partial charge in [0.05, 0.1) is 0 Å². The standard InChI is InChI=1S/C27H32N2O3/c1-5-20(3)28-27(31)21(4)29(17-23-13-7-6-11-19(23)2)26(30)18-32-25-16-10-14-22-12-8-9-15-24(22)25/h6-16,20-21H,5,17-18H2,1-4H3,(H,28,31)/t20-,21+/m0/s1. The van der Waals surface area contributed by atoms with E-state index in [9.17, 15) is 9.59 Å². The van der Waals surface area contributed by atoms with Gasteiger partial charge in [0, 0.05) is 18.0 Å². The molecule has 0 bridgehead atoms. The summed E-state index contributed by atoms with van der Waals surface area (Å²) in [6.45, 7) is 7.96. The van der Waals surface area contributed by atoms with Gasteiger partial charge in [0.25, 0.3) is 5.91 Å². The number of nitrogens with one attached hydrogen (secondary N) is 1. The number of fused-ring (bicyclic) bond motifs is 1. The number of ether oxygens (including phenoxy) is 1. The molecule has 2 amide bonds. The molecule has 0 spiro atoms. The average Bonchev–Trinajstić information content (AvgIpc) is 2.81. The second kappa shape index (κ2) is 10.8. The summed E-state index contributed by atoms with van der Waals surface area (Å²) < 4.78 is 5.94. The van der Waals surface area contributed by atoms with E-state index in [1.54, 1.807) is 11.8 Å². The number of hydrogen-bond acceptors (Lipinski definition) is 3. The minimum atomic E-state index is -0.618. The number of aryl methyl sites for hydroxylation is 1. The van der Waals surface area contributed by atoms with Crippen LogP contribution >= 0.6 is 0 Å². The van der Waals surface area contributed by atoms with Crippen molar-refractivity contribution in [2.24, 2.45) is 0 Å². The van der Waals surface area contributed by atoms with E-state index in [0.717, 1.165) is 28.3 Å². The molecular formula is C27H32N2O3. The summed E-state index contributed by atoms with van der Waals surface area (Å²) in [5.41, 5.74) is 2.09. The third kappa shape index (κ3) is 5.67. The molecule has 32 heavy (non-hydrogen) atoms. The van der Waals surface area contributed by atoms with Gasteiger partial charge in [-0.05, 0) is 49.8 Å². The normalized spacial score (nSPS) is 12.8. The Morgan fingerprint density at radius 2 is 1.66 bits per heavy atom. The van der Waals surface area contributed by atoms with E-state index in [1.807, 2.05) is 87.5 Å². The number of amides is 2. The van der Waals surface area contributed by atoms with Gasteiger partial charge in [-0.2, -0.15) is 0 Å². The van der Waals surface area contributed by atoms with Crippen LogP contribution < -0.4 is 10.1 Å². The Morgan fingerprint density at radius 3 is 2.41 bits per heavy atom. The fourth-order valence-electron chi connectivity index (χ4n) is 3.56. The van der Waals surface area contributed by atoms with Crippen LogP contribution in [0.15, 0.2) is 66.7 Å². The van der Waals surface area contributed by atoms with Crippen molar-refractivity contribution in [2.45, 2.75) is 52.7 Å². The van der Waals surface area contributed by atoms with Gasteiger partial charge in [0.15, 0.2) is 6.61 Å². The average molecular weight is 433 g/mol. The molecular weight excluding hydrogens is 400 g/mol. The van der Waals surface area contributed by atoms with Crippen molar-refractivity contribution < 1.29 is 14.3 Å². The van der Waals surface area contributed by atoms with Gasteiger partial charge in [-0.25, -0.2) is 0 Å². The highest BCUT2D eigenvalue weighted by atomic mass is 16.5. The van der Waals surface area contributed by atoms with E-state index in [1.165, 1.54) is 0 Å². The highest BCUT2D eigenvalue weighted by molar-refractivity contribution is 5.90. The molecule has 0 heterocycles. The zero-order valence-electron chi connectivity index (χ0n) is 19.3. The molecule has 0 aliphatic rings. The lowest BCUT2D eigenvalue weighted by Gasteiger charge is -2.30. The van der Waals surface area contributed by atoms with Crippen LogP contribution in [0, 0.1) is 6.92 Å². The van der Waals surface area contributed by atoms with Crippen LogP contribution in [0.5, 0.6) is 5.75 Å². The Bertz CT molecular complexity index is 1070. The van der Waals surface area contributed by atoms with Crippen LogP contribution in [0.25, 0.3) is 10.8 Å². The van der Waals surface area contributed by atoms with Gasteiger partial charge in [-0.1, -0.05) is 67.6 Å². The van der Waals surface area contributed by atoms with Crippen molar-refractivity contribution in [3.8, 4) is 5.75 Å². The van der Waals surface area contributed by atoms with Crippen LogP contribution in [0.2, 0.25) is 0 Å². The molecule has 3 rings (SSSR count). The van der Waals surface area contributed by atoms with Crippen molar-refractivity contribution in [3.63, 3.8) is 0 Å². The molecule has 0 aliphatic carbocycles. The van der Waals surface area contributed by atoms with Crippen molar-refractivity contribution >= 4 is 22.6 Å². The fourth-order valence-corrected chi connectivity index (χ4v) is 3.56. The minimum Gasteiger partial charge on any atom is -0.483 e. The number of hydrogen-bond donors (Lipinski definition) is 1. The molecule has 0 aromatic heterocycles. The van der Waals surface area contributed by atoms with Gasteiger partial charge in [-0.15, -0.1) is 0 Å². The van der Waals surface area contributed by atoms with Gasteiger partial charge in [0.2, 0.25) is 5.91 Å². The Balaban J connectivity index is 1.80. The molecule has 3 aromatic carbocycles. The Kier molecular flexibility index (Phi) is 7.87. The highest BCUT2D eigenvalue weighted by Gasteiger charge is 2.27. The number of nitrogens with zero attached hydrogens (tertiary/aromatic N) is 1. The van der Waals surface area contributed by atoms with E-state index in [2.05, 4.69) is 5.32 Å². The lowest BCUT2D eigenvalue weighted by molar-refractivity contribution is -0.142. The first-order valence-corrected chi connectivity index (χ1v) is 11.2. The van der Waals surface area contributed by atoms with E-state index < -0.39 is 6.04 Å². The summed E-state index contributed by atoms with van der Waals surface area (Å²) >= 11 is 0. The first-order chi connectivity index (χ1) is 15.4. The molecule has 168 valence electrons. The van der Waals surface area contributed by atoms with Gasteiger partial charge >= 0.3 is 0 Å². The van der Waals surface area contributed by atoms with E-state index in [0.29, 0.717) is 12.3 Å². The molecule has 3 aromatic rings. The molecule has 5 heteroatoms. The van der Waals surface area contributed by atoms with E-state index in [-0.39, 0.29) is 24.5 Å². The predicted molar refractivity (Wildman–Crippen MR) is 129 cm³/mol. The third-order valence-electron chi connectivity index (χ3n) is 5.87. The second-order valence-corrected chi connectivity index (χ2v) is 8.21. The summed E-state index contributed by atoms with van der Waals surface area (Å²) in [7, 11) is 0. The molecule has 0 saturated heterocycles. The molecule has 0 fully saturated rings. The zero-order chi connectivity index (χ0) is 23.1. The van der Waals surface area contributed by atoms with Crippen molar-refractivity contribution in [1.29, 1.82) is 0 Å². The number of rotatable bonds is 9. The third-order valence-corrected chi connectivity index (χ3v) is 5.87. The van der Waals surface area contributed by atoms with Gasteiger partial charge in [0.1, 0.15) is 11.8 Å². The topological polar surface area (TPSA) is 58.6 Å². The minimum absolute atomic E-state index is 0.0484. The number of carbonyl (C=O) groups is 2. The fraction of sp³-hybridized carbons (Fsp3) is 0.333. The van der Waals surface area contributed by atoms with E-state index >= 15 is 0 Å². The Hall–Kier alpha value is -3.34. The van der Waals surface area contributed by atoms with E-state index in [4.69, 9.17) is 4.74 Å². The first-order valence-electron chi connectivity index (χ1n) is 11.2. The molecule has 2 atom stereocenters. The van der Waals surface area contributed by atoms with Crippen molar-refractivity contribution in [1.82, 2.24) is 10.2 Å². The quantitative estimate of drug-likeness (QED) is 0.525. The molecule has 1 N–H and O–H groups in total. The first kappa shape index (κ1) is 23.3. The molecule has 0 unspecified atom stereocenters. The van der Waals surface area contributed by atoms with Crippen LogP contribution in [0.4, 0.5) is 0 Å². The zero-order valence-corrected chi connectivity index (χ0v) is 19.3. The summed E-state index contributed by atoms with van der Waals surface area (Å²) in [6.07, 6.45) is 0.828. The molecule has 5 nitrogen and oxygen atoms in total. The van der Waals surface area contributed by atoms with Crippen molar-refractivity contribution in [3.05, 3.63) is 77.9 Å². The smallest absolute Gasteiger partial charge is 0.261 e. The largest absolute Gasteiger partial charge is 0.483 e. The van der Waals surface area contributed by atoms with Gasteiger partial charge in [-0.3, -0.25) is 9.59 Å². The summed E-state index contributed by atoms with van der Waals surface area (Å²) in [5.74, 6) is 0.267. The van der Waals surface area contributed by atoms with Crippen LogP contribution in [-0.4, -0.2) is 35.4 Å². The molecule has 0 aliphatic heterocycles. The number of benzene rings is 3. The van der Waals surface area contributed by atoms with Crippen LogP contribution in [0.3, 0.4) is 0 Å². The summed E-state index contributed by atoms with van der Waals surface area (Å²) in [6, 6.07) is 21.0. The van der Waals surface area contributed by atoms with Crippen molar-refractivity contribution in [2.75, 3.05) is 6.61 Å². The Morgan fingerprint density at radius 1 is 0.969 bits per heavy atom. The maximum absolute atomic E-state index is 13.3. The molecule has 0 radical (unpaired) electrons. The monoisotopic (exact) mass is 432 g/mol. The maximum atomic E-state index is 13.3. The summed E-state index contributed by atoms with van der Waals surface area (Å²) in [4.78, 5) is 27.7. The highest BCUT2D eigenvalue weighted by Crippen LogP contribution is 2.25. The predicted octanol–water partition coefficient (Wildman–Crippen LogP) is 4.86. The second-order valence-electron chi connectivity index (χ2n) is 8.21. The maximum Gasteiger partial charge on any atom is 0.261 e. The SMILES string of the molecule is CC[C@H](C)NC(=O)[C@@H](C)N(Cc1ccccc1C)C(=O)COc1cccc2ccccc12. The van der Waals surface area contributed by atoms with Crippen LogP contribution in [0.1, 0.15) is 38.3 Å². The Labute approximate surface area is 190 Å². The van der Waals surface area contributed by atoms with Crippen LogP contribution in [-0.2, 0) is 16.1 Å². The molecule has 0 saturated carbocycles. The number of carbonyl (C=O) groups excluding carboxylic acids is 2.